The molecule has 0 saturated carbocycles. The highest BCUT2D eigenvalue weighted by atomic mass is 16.5. The zero-order valence-electron chi connectivity index (χ0n) is 9.16. The molecule has 0 aromatic carbocycles. The Morgan fingerprint density at radius 3 is 2.93 bits per heavy atom. The van der Waals surface area contributed by atoms with E-state index in [9.17, 15) is 0 Å². The van der Waals surface area contributed by atoms with Gasteiger partial charge in [0.25, 0.3) is 0 Å². The third kappa shape index (κ3) is 3.97. The average molecular weight is 207 g/mol. The molecule has 15 heavy (non-hydrogen) atoms. The first kappa shape index (κ1) is 11.5. The monoisotopic (exact) mass is 207 g/mol. The van der Waals surface area contributed by atoms with Crippen LogP contribution in [0.4, 0.5) is 0 Å². The first-order valence-corrected chi connectivity index (χ1v) is 5.03. The Labute approximate surface area is 90.0 Å². The van der Waals surface area contributed by atoms with E-state index in [2.05, 4.69) is 18.8 Å². The van der Waals surface area contributed by atoms with Gasteiger partial charge in [0.2, 0.25) is 5.88 Å². The third-order valence-electron chi connectivity index (χ3n) is 1.99. The van der Waals surface area contributed by atoms with Crippen LogP contribution in [0.5, 0.6) is 5.88 Å². The Bertz CT molecular complexity index is 336. The van der Waals surface area contributed by atoms with Gasteiger partial charge in [0.15, 0.2) is 0 Å². The van der Waals surface area contributed by atoms with Gasteiger partial charge in [-0.3, -0.25) is 5.41 Å². The molecule has 4 nitrogen and oxygen atoms in total. The van der Waals surface area contributed by atoms with Crippen LogP contribution in [0.3, 0.4) is 0 Å². The predicted molar refractivity (Wildman–Crippen MR) is 60.2 cm³/mol. The number of hydrogen-bond acceptors (Lipinski definition) is 3. The van der Waals surface area contributed by atoms with Gasteiger partial charge in [-0.05, 0) is 18.4 Å². The van der Waals surface area contributed by atoms with Crippen LogP contribution in [0.25, 0.3) is 0 Å². The molecule has 0 fully saturated rings. The van der Waals surface area contributed by atoms with E-state index in [0.717, 1.165) is 6.42 Å². The largest absolute Gasteiger partial charge is 0.478 e. The first-order valence-electron chi connectivity index (χ1n) is 5.03. The summed E-state index contributed by atoms with van der Waals surface area (Å²) in [7, 11) is 0. The van der Waals surface area contributed by atoms with Crippen LogP contribution in [-0.2, 0) is 0 Å². The molecule has 82 valence electrons. The molecule has 0 spiro atoms. The van der Waals surface area contributed by atoms with Gasteiger partial charge in [0.1, 0.15) is 5.84 Å². The molecule has 0 amide bonds. The van der Waals surface area contributed by atoms with Gasteiger partial charge in [-0.25, -0.2) is 4.98 Å². The van der Waals surface area contributed by atoms with Crippen LogP contribution in [0, 0.1) is 11.3 Å². The van der Waals surface area contributed by atoms with Crippen molar-refractivity contribution in [3.63, 3.8) is 0 Å². The Hall–Kier alpha value is -1.58. The van der Waals surface area contributed by atoms with Crippen LogP contribution >= 0.6 is 0 Å². The van der Waals surface area contributed by atoms with Crippen molar-refractivity contribution in [3.8, 4) is 5.88 Å². The summed E-state index contributed by atoms with van der Waals surface area (Å²) in [5, 5.41) is 7.27. The van der Waals surface area contributed by atoms with E-state index in [0.29, 0.717) is 24.0 Å². The number of nitrogens with one attached hydrogen (secondary N) is 1. The van der Waals surface area contributed by atoms with Gasteiger partial charge in [-0.2, -0.15) is 0 Å². The highest BCUT2D eigenvalue weighted by Crippen LogP contribution is 2.10. The summed E-state index contributed by atoms with van der Waals surface area (Å²) in [6.07, 6.45) is 2.59. The predicted octanol–water partition coefficient (Wildman–Crippen LogP) is 1.79. The lowest BCUT2D eigenvalue weighted by molar-refractivity contribution is 0.279. The van der Waals surface area contributed by atoms with E-state index in [1.165, 1.54) is 0 Å². The molecule has 1 rings (SSSR count). The van der Waals surface area contributed by atoms with Gasteiger partial charge in [0, 0.05) is 17.8 Å². The summed E-state index contributed by atoms with van der Waals surface area (Å²) >= 11 is 0. The standard InChI is InChI=1S/C11H17N3O/c1-8(2)4-6-15-10-7-9(11(12)13)3-5-14-10/h3,5,7-8H,4,6H2,1-2H3,(H3,12,13). The Balaban J connectivity index is 2.54. The van der Waals surface area contributed by atoms with Crippen molar-refractivity contribution in [2.45, 2.75) is 20.3 Å². The number of pyridine rings is 1. The maximum atomic E-state index is 7.27. The maximum absolute atomic E-state index is 7.27. The molecule has 1 aromatic rings. The summed E-state index contributed by atoms with van der Waals surface area (Å²) in [6, 6.07) is 3.38. The van der Waals surface area contributed by atoms with Gasteiger partial charge in [-0.15, -0.1) is 0 Å². The van der Waals surface area contributed by atoms with Crippen molar-refractivity contribution in [2.24, 2.45) is 11.7 Å². The molecular formula is C11H17N3O. The Morgan fingerprint density at radius 1 is 1.60 bits per heavy atom. The second-order valence-corrected chi connectivity index (χ2v) is 3.83. The number of aromatic nitrogens is 1. The van der Waals surface area contributed by atoms with Gasteiger partial charge >= 0.3 is 0 Å². The fraction of sp³-hybridized carbons (Fsp3) is 0.455. The minimum absolute atomic E-state index is 0.0334. The van der Waals surface area contributed by atoms with Crippen molar-refractivity contribution in [3.05, 3.63) is 23.9 Å². The van der Waals surface area contributed by atoms with Crippen molar-refractivity contribution in [1.29, 1.82) is 5.41 Å². The van der Waals surface area contributed by atoms with Gasteiger partial charge in [-0.1, -0.05) is 13.8 Å². The quantitative estimate of drug-likeness (QED) is 0.571. The van der Waals surface area contributed by atoms with E-state index in [1.807, 2.05) is 0 Å². The Morgan fingerprint density at radius 2 is 2.33 bits per heavy atom. The molecule has 3 N–H and O–H groups in total. The minimum Gasteiger partial charge on any atom is -0.478 e. The summed E-state index contributed by atoms with van der Waals surface area (Å²) < 4.78 is 5.44. The van der Waals surface area contributed by atoms with E-state index in [4.69, 9.17) is 15.9 Å². The van der Waals surface area contributed by atoms with Crippen LogP contribution in [0.1, 0.15) is 25.8 Å². The molecule has 1 heterocycles. The highest BCUT2D eigenvalue weighted by Gasteiger charge is 2.01. The first-order chi connectivity index (χ1) is 7.09. The number of hydrogen-bond donors (Lipinski definition) is 2. The lowest BCUT2D eigenvalue weighted by Crippen LogP contribution is -2.11. The fourth-order valence-corrected chi connectivity index (χ4v) is 1.06. The van der Waals surface area contributed by atoms with E-state index in [1.54, 1.807) is 18.3 Å². The Kier molecular flexibility index (Phi) is 4.09. The van der Waals surface area contributed by atoms with Crippen molar-refractivity contribution < 1.29 is 4.74 Å². The minimum atomic E-state index is 0.0334. The van der Waals surface area contributed by atoms with Crippen LogP contribution < -0.4 is 10.5 Å². The van der Waals surface area contributed by atoms with Crippen molar-refractivity contribution in [1.82, 2.24) is 4.98 Å². The van der Waals surface area contributed by atoms with Crippen LogP contribution in [0.15, 0.2) is 18.3 Å². The molecule has 0 aliphatic carbocycles. The number of nitrogens with two attached hydrogens (primary N) is 1. The number of amidine groups is 1. The maximum Gasteiger partial charge on any atom is 0.213 e. The number of rotatable bonds is 5. The molecule has 0 radical (unpaired) electrons. The second kappa shape index (κ2) is 5.34. The molecule has 1 aromatic heterocycles. The van der Waals surface area contributed by atoms with E-state index >= 15 is 0 Å². The average Bonchev–Trinajstić information content (AvgIpc) is 2.17. The molecule has 0 bridgehead atoms. The second-order valence-electron chi connectivity index (χ2n) is 3.83. The molecule has 0 atom stereocenters. The molecule has 0 aliphatic rings. The summed E-state index contributed by atoms with van der Waals surface area (Å²) in [4.78, 5) is 4.04. The SMILES string of the molecule is CC(C)CCOc1cc(C(=N)N)ccn1. The lowest BCUT2D eigenvalue weighted by Gasteiger charge is -2.07. The normalized spacial score (nSPS) is 10.3. The summed E-state index contributed by atoms with van der Waals surface area (Å²) in [5.74, 6) is 1.18. The molecular weight excluding hydrogens is 190 g/mol. The zero-order valence-corrected chi connectivity index (χ0v) is 9.16. The highest BCUT2D eigenvalue weighted by molar-refractivity contribution is 5.95. The summed E-state index contributed by atoms with van der Waals surface area (Å²) in [5.41, 5.74) is 6.00. The lowest BCUT2D eigenvalue weighted by atomic mass is 10.1. The van der Waals surface area contributed by atoms with Crippen molar-refractivity contribution >= 4 is 5.84 Å². The molecule has 0 aliphatic heterocycles. The van der Waals surface area contributed by atoms with Gasteiger partial charge < -0.3 is 10.5 Å². The van der Waals surface area contributed by atoms with Gasteiger partial charge in [0.05, 0.1) is 6.61 Å². The zero-order chi connectivity index (χ0) is 11.3. The number of nitrogen functional groups attached to an aromatic ring is 1. The van der Waals surface area contributed by atoms with Crippen LogP contribution in [0.2, 0.25) is 0 Å². The van der Waals surface area contributed by atoms with Crippen LogP contribution in [-0.4, -0.2) is 17.4 Å². The fourth-order valence-electron chi connectivity index (χ4n) is 1.06. The topological polar surface area (TPSA) is 72.0 Å². The third-order valence-corrected chi connectivity index (χ3v) is 1.99. The molecule has 0 saturated heterocycles. The number of ether oxygens (including phenoxy) is 1. The van der Waals surface area contributed by atoms with E-state index in [-0.39, 0.29) is 5.84 Å². The smallest absolute Gasteiger partial charge is 0.213 e. The molecule has 4 heteroatoms. The summed E-state index contributed by atoms with van der Waals surface area (Å²) in [6.45, 7) is 4.93. The molecule has 0 unspecified atom stereocenters. The number of nitrogens with zero attached hydrogens (tertiary/aromatic N) is 1. The van der Waals surface area contributed by atoms with Crippen molar-refractivity contribution in [2.75, 3.05) is 6.61 Å². The van der Waals surface area contributed by atoms with E-state index < -0.39 is 0 Å².